The molecule has 2 aromatic heterocycles. The molecule has 5 nitrogen and oxygen atoms in total. The minimum atomic E-state index is 0.0680. The number of nitrogens with zero attached hydrogens (tertiary/aromatic N) is 3. The smallest absolute Gasteiger partial charge is 0.170 e. The van der Waals surface area contributed by atoms with E-state index in [1.54, 1.807) is 7.11 Å². The zero-order chi connectivity index (χ0) is 19.3. The molecule has 0 bridgehead atoms. The summed E-state index contributed by atoms with van der Waals surface area (Å²) in [6.07, 6.45) is 14.0. The monoisotopic (exact) mass is 398 g/mol. The highest BCUT2D eigenvalue weighted by Crippen LogP contribution is 2.39. The van der Waals surface area contributed by atoms with Crippen LogP contribution in [0, 0.1) is 0 Å². The average molecular weight is 399 g/mol. The van der Waals surface area contributed by atoms with E-state index >= 15 is 0 Å². The van der Waals surface area contributed by atoms with E-state index in [0.717, 1.165) is 30.4 Å². The van der Waals surface area contributed by atoms with Crippen molar-refractivity contribution in [1.29, 1.82) is 0 Å². The van der Waals surface area contributed by atoms with E-state index in [2.05, 4.69) is 44.3 Å². The maximum Gasteiger partial charge on any atom is 0.170 e. The van der Waals surface area contributed by atoms with Crippen LogP contribution in [0.1, 0.15) is 67.9 Å². The third-order valence-corrected chi connectivity index (χ3v) is 6.37. The first kappa shape index (κ1) is 19.4. The van der Waals surface area contributed by atoms with E-state index in [1.807, 2.05) is 18.3 Å². The molecule has 1 saturated heterocycles. The molecule has 2 atom stereocenters. The molecule has 28 heavy (non-hydrogen) atoms. The molecular weight excluding hydrogens is 368 g/mol. The van der Waals surface area contributed by atoms with Crippen molar-refractivity contribution < 1.29 is 4.74 Å². The largest absolute Gasteiger partial charge is 0.385 e. The average Bonchev–Trinajstić information content (AvgIpc) is 3.35. The molecule has 2 aromatic rings. The van der Waals surface area contributed by atoms with Gasteiger partial charge in [-0.05, 0) is 55.2 Å². The second-order valence-electron chi connectivity index (χ2n) is 7.85. The van der Waals surface area contributed by atoms with Crippen LogP contribution in [0.25, 0.3) is 0 Å². The second-order valence-corrected chi connectivity index (χ2v) is 8.24. The van der Waals surface area contributed by atoms with Gasteiger partial charge in [-0.2, -0.15) is 0 Å². The summed E-state index contributed by atoms with van der Waals surface area (Å²) in [7, 11) is 1.75. The van der Waals surface area contributed by atoms with Gasteiger partial charge in [0.05, 0.1) is 17.8 Å². The molecule has 150 valence electrons. The summed E-state index contributed by atoms with van der Waals surface area (Å²) in [6, 6.07) is 9.23. The van der Waals surface area contributed by atoms with Gasteiger partial charge in [0.2, 0.25) is 0 Å². The molecule has 0 radical (unpaired) electrons. The first-order chi connectivity index (χ1) is 13.8. The Morgan fingerprint density at radius 1 is 1.21 bits per heavy atom. The van der Waals surface area contributed by atoms with Gasteiger partial charge < -0.3 is 19.5 Å². The Bertz CT molecular complexity index is 772. The fourth-order valence-corrected chi connectivity index (χ4v) is 4.93. The number of hydrogen-bond donors (Lipinski definition) is 1. The molecule has 2 fully saturated rings. The van der Waals surface area contributed by atoms with E-state index < -0.39 is 0 Å². The van der Waals surface area contributed by atoms with Crippen LogP contribution in [0.5, 0.6) is 0 Å². The number of hydrogen-bond acceptors (Lipinski definition) is 3. The van der Waals surface area contributed by atoms with Gasteiger partial charge >= 0.3 is 0 Å². The Kier molecular flexibility index (Phi) is 6.27. The maximum atomic E-state index is 5.72. The van der Waals surface area contributed by atoms with E-state index in [4.69, 9.17) is 17.0 Å². The van der Waals surface area contributed by atoms with Crippen LogP contribution in [0.4, 0.5) is 0 Å². The topological polar surface area (TPSA) is 42.3 Å². The molecular formula is C22H30N4OS. The third kappa shape index (κ3) is 4.08. The summed E-state index contributed by atoms with van der Waals surface area (Å²) in [6.45, 7) is 1.62. The minimum Gasteiger partial charge on any atom is -0.385 e. The zero-order valence-electron chi connectivity index (χ0n) is 16.6. The highest BCUT2D eigenvalue weighted by Gasteiger charge is 2.39. The molecule has 4 rings (SSSR count). The molecule has 1 aliphatic heterocycles. The van der Waals surface area contributed by atoms with Crippen molar-refractivity contribution in [3.05, 3.63) is 54.1 Å². The number of nitrogens with one attached hydrogen (secondary N) is 1. The Labute approximate surface area is 173 Å². The number of aromatic nitrogens is 2. The third-order valence-electron chi connectivity index (χ3n) is 6.02. The van der Waals surface area contributed by atoms with Crippen molar-refractivity contribution in [2.45, 2.75) is 56.7 Å². The van der Waals surface area contributed by atoms with Gasteiger partial charge in [0, 0.05) is 44.9 Å². The summed E-state index contributed by atoms with van der Waals surface area (Å²) < 4.78 is 7.70. The van der Waals surface area contributed by atoms with Crippen molar-refractivity contribution in [1.82, 2.24) is 19.8 Å². The Balaban J connectivity index is 1.61. The fourth-order valence-electron chi connectivity index (χ4n) is 4.60. The van der Waals surface area contributed by atoms with E-state index in [0.29, 0.717) is 6.04 Å². The molecule has 1 N–H and O–H groups in total. The summed E-state index contributed by atoms with van der Waals surface area (Å²) in [5, 5.41) is 4.34. The van der Waals surface area contributed by atoms with Gasteiger partial charge in [-0.15, -0.1) is 0 Å². The Hall–Kier alpha value is -1.92. The van der Waals surface area contributed by atoms with E-state index in [-0.39, 0.29) is 12.1 Å². The highest BCUT2D eigenvalue weighted by molar-refractivity contribution is 7.80. The molecule has 0 spiro atoms. The number of ether oxygens (including phenoxy) is 1. The minimum absolute atomic E-state index is 0.0680. The summed E-state index contributed by atoms with van der Waals surface area (Å²) >= 11 is 5.72. The molecule has 3 heterocycles. The molecule has 1 saturated carbocycles. The quantitative estimate of drug-likeness (QED) is 0.553. The Morgan fingerprint density at radius 2 is 2.07 bits per heavy atom. The first-order valence-electron chi connectivity index (χ1n) is 10.4. The molecule has 0 unspecified atom stereocenters. The Morgan fingerprint density at radius 3 is 2.82 bits per heavy atom. The number of pyridine rings is 1. The lowest BCUT2D eigenvalue weighted by atomic mass is 9.95. The van der Waals surface area contributed by atoms with Crippen LogP contribution in [-0.4, -0.2) is 39.8 Å². The van der Waals surface area contributed by atoms with Crippen molar-refractivity contribution in [2.24, 2.45) is 0 Å². The summed E-state index contributed by atoms with van der Waals surface area (Å²) in [5.74, 6) is 0. The van der Waals surface area contributed by atoms with Crippen LogP contribution in [0.15, 0.2) is 42.9 Å². The lowest BCUT2D eigenvalue weighted by Gasteiger charge is -2.27. The predicted molar refractivity (Wildman–Crippen MR) is 115 cm³/mol. The van der Waals surface area contributed by atoms with E-state index in [1.165, 1.54) is 37.7 Å². The summed E-state index contributed by atoms with van der Waals surface area (Å²) in [5.41, 5.74) is 2.35. The van der Waals surface area contributed by atoms with Gasteiger partial charge in [-0.25, -0.2) is 0 Å². The van der Waals surface area contributed by atoms with Crippen molar-refractivity contribution in [3.63, 3.8) is 0 Å². The van der Waals surface area contributed by atoms with Crippen LogP contribution in [-0.2, 0) is 4.74 Å². The van der Waals surface area contributed by atoms with Gasteiger partial charge in [0.15, 0.2) is 5.11 Å². The van der Waals surface area contributed by atoms with Crippen LogP contribution in [0.3, 0.4) is 0 Å². The number of rotatable bonds is 7. The molecule has 6 heteroatoms. The zero-order valence-corrected chi connectivity index (χ0v) is 17.4. The predicted octanol–water partition coefficient (Wildman–Crippen LogP) is 4.40. The van der Waals surface area contributed by atoms with Crippen LogP contribution < -0.4 is 5.32 Å². The second kappa shape index (κ2) is 9.05. The first-order valence-corrected chi connectivity index (χ1v) is 10.8. The number of thiocarbonyl (C=S) groups is 1. The fraction of sp³-hybridized carbons (Fsp3) is 0.545. The van der Waals surface area contributed by atoms with Gasteiger partial charge in [-0.3, -0.25) is 4.98 Å². The summed E-state index contributed by atoms with van der Waals surface area (Å²) in [4.78, 5) is 6.93. The van der Waals surface area contributed by atoms with Crippen molar-refractivity contribution in [2.75, 3.05) is 20.3 Å². The van der Waals surface area contributed by atoms with Crippen LogP contribution in [0.2, 0.25) is 0 Å². The van der Waals surface area contributed by atoms with Crippen molar-refractivity contribution >= 4 is 17.3 Å². The molecule has 0 aromatic carbocycles. The van der Waals surface area contributed by atoms with E-state index in [9.17, 15) is 0 Å². The van der Waals surface area contributed by atoms with Gasteiger partial charge in [0.1, 0.15) is 0 Å². The van der Waals surface area contributed by atoms with Gasteiger partial charge in [-0.1, -0.05) is 25.3 Å². The van der Waals surface area contributed by atoms with Gasteiger partial charge in [0.25, 0.3) is 0 Å². The molecule has 0 amide bonds. The molecule has 1 aliphatic carbocycles. The molecule has 2 aliphatic rings. The highest BCUT2D eigenvalue weighted by atomic mass is 32.1. The van der Waals surface area contributed by atoms with Crippen molar-refractivity contribution in [3.8, 4) is 0 Å². The maximum absolute atomic E-state index is 5.72. The standard InChI is InChI=1S/C22H30N4OS/c1-27-15-7-13-26-21(20(24-22(26)28)19-10-5-6-12-23-19)17-11-14-25(16-17)18-8-3-2-4-9-18/h5-6,10-12,14,16,18,20-21H,2-4,7-9,13,15H2,1H3,(H,24,28)/t20-,21-/m0/s1. The normalized spacial score (nSPS) is 23.2. The lowest BCUT2D eigenvalue weighted by Crippen LogP contribution is -2.31. The SMILES string of the molecule is COCCCN1C(=S)N[C@@H](c2ccccn2)[C@@H]1c1ccn(C2CCCCC2)c1. The number of methoxy groups -OCH3 is 1. The lowest BCUT2D eigenvalue weighted by molar-refractivity contribution is 0.180. The van der Waals surface area contributed by atoms with Crippen LogP contribution >= 0.6 is 12.2 Å².